The maximum atomic E-state index is 6.48. The van der Waals surface area contributed by atoms with Gasteiger partial charge in [0.15, 0.2) is 0 Å². The molecule has 37 heavy (non-hydrogen) atoms. The molecular formula is C27H30N6O3S. The third-order valence-electron chi connectivity index (χ3n) is 6.67. The molecule has 192 valence electrons. The van der Waals surface area contributed by atoms with Crippen molar-refractivity contribution in [2.75, 3.05) is 49.2 Å². The summed E-state index contributed by atoms with van der Waals surface area (Å²) in [6, 6.07) is 12.4. The predicted molar refractivity (Wildman–Crippen MR) is 142 cm³/mol. The summed E-state index contributed by atoms with van der Waals surface area (Å²) in [6.07, 6.45) is 8.93. The van der Waals surface area contributed by atoms with Gasteiger partial charge in [-0.2, -0.15) is 0 Å². The molecule has 0 radical (unpaired) electrons. The van der Waals surface area contributed by atoms with Crippen LogP contribution in [-0.4, -0.2) is 65.0 Å². The van der Waals surface area contributed by atoms with Crippen molar-refractivity contribution in [2.24, 2.45) is 0 Å². The van der Waals surface area contributed by atoms with Crippen LogP contribution < -0.4 is 14.5 Å². The zero-order chi connectivity index (χ0) is 25.1. The molecule has 5 heterocycles. The van der Waals surface area contributed by atoms with Gasteiger partial charge in [0.2, 0.25) is 5.79 Å². The topological polar surface area (TPSA) is 77.8 Å². The molecule has 2 aliphatic heterocycles. The lowest BCUT2D eigenvalue weighted by Gasteiger charge is -2.36. The highest BCUT2D eigenvalue weighted by Gasteiger charge is 2.44. The van der Waals surface area contributed by atoms with Crippen molar-refractivity contribution in [3.05, 3.63) is 83.5 Å². The van der Waals surface area contributed by atoms with Crippen molar-refractivity contribution in [2.45, 2.75) is 25.4 Å². The third kappa shape index (κ3) is 5.31. The minimum atomic E-state index is -0.827. The van der Waals surface area contributed by atoms with Crippen LogP contribution in [0.4, 0.5) is 11.5 Å². The zero-order valence-corrected chi connectivity index (χ0v) is 21.6. The molecule has 0 aliphatic carbocycles. The van der Waals surface area contributed by atoms with E-state index in [9.17, 15) is 0 Å². The van der Waals surface area contributed by atoms with Gasteiger partial charge in [-0.05, 0) is 30.5 Å². The molecule has 0 bridgehead atoms. The number of hydrogen-bond donors (Lipinski definition) is 0. The molecule has 10 heteroatoms. The molecule has 3 aromatic heterocycles. The summed E-state index contributed by atoms with van der Waals surface area (Å²) in [5, 5.41) is 2.04. The zero-order valence-electron chi connectivity index (χ0n) is 20.8. The molecule has 2 saturated heterocycles. The third-order valence-corrected chi connectivity index (χ3v) is 7.66. The van der Waals surface area contributed by atoms with E-state index in [0.717, 1.165) is 54.0 Å². The van der Waals surface area contributed by atoms with Crippen molar-refractivity contribution in [3.63, 3.8) is 0 Å². The van der Waals surface area contributed by atoms with E-state index in [4.69, 9.17) is 14.2 Å². The average molecular weight is 519 g/mol. The van der Waals surface area contributed by atoms with Gasteiger partial charge in [0.05, 0.1) is 36.2 Å². The Bertz CT molecular complexity index is 1290. The Labute approximate surface area is 220 Å². The molecule has 0 N–H and O–H groups in total. The summed E-state index contributed by atoms with van der Waals surface area (Å²) in [6.45, 7) is 7.03. The van der Waals surface area contributed by atoms with Crippen molar-refractivity contribution in [1.82, 2.24) is 19.5 Å². The quantitative estimate of drug-likeness (QED) is 0.349. The van der Waals surface area contributed by atoms with Crippen molar-refractivity contribution in [1.29, 1.82) is 0 Å². The molecule has 0 amide bonds. The molecule has 4 aromatic rings. The lowest BCUT2D eigenvalue weighted by atomic mass is 10.2. The minimum Gasteiger partial charge on any atom is -0.491 e. The van der Waals surface area contributed by atoms with Crippen LogP contribution in [0.25, 0.3) is 0 Å². The van der Waals surface area contributed by atoms with Crippen molar-refractivity contribution < 1.29 is 14.2 Å². The van der Waals surface area contributed by atoms with E-state index in [1.165, 1.54) is 0 Å². The second-order valence-corrected chi connectivity index (χ2v) is 10.3. The Balaban J connectivity index is 1.06. The minimum absolute atomic E-state index is 0.173. The van der Waals surface area contributed by atoms with E-state index >= 15 is 0 Å². The fraction of sp³-hybridized carbons (Fsp3) is 0.370. The fourth-order valence-electron chi connectivity index (χ4n) is 4.81. The van der Waals surface area contributed by atoms with Crippen LogP contribution in [0.2, 0.25) is 0 Å². The first-order valence-electron chi connectivity index (χ1n) is 12.5. The molecular weight excluding hydrogens is 488 g/mol. The molecule has 2 atom stereocenters. The van der Waals surface area contributed by atoms with Crippen molar-refractivity contribution >= 4 is 22.8 Å². The average Bonchev–Trinajstić information content (AvgIpc) is 3.71. The van der Waals surface area contributed by atoms with Gasteiger partial charge in [0.1, 0.15) is 24.3 Å². The van der Waals surface area contributed by atoms with Gasteiger partial charge < -0.3 is 28.6 Å². The van der Waals surface area contributed by atoms with Gasteiger partial charge in [-0.1, -0.05) is 12.1 Å². The van der Waals surface area contributed by atoms with E-state index < -0.39 is 5.79 Å². The molecule has 2 unspecified atom stereocenters. The molecule has 0 spiro atoms. The summed E-state index contributed by atoms with van der Waals surface area (Å²) >= 11 is 1.63. The Morgan fingerprint density at radius 3 is 2.76 bits per heavy atom. The fourth-order valence-corrected chi connectivity index (χ4v) is 5.62. The lowest BCUT2D eigenvalue weighted by Crippen LogP contribution is -2.46. The van der Waals surface area contributed by atoms with Gasteiger partial charge in [-0.3, -0.25) is 4.98 Å². The summed E-state index contributed by atoms with van der Waals surface area (Å²) in [5.41, 5.74) is 2.10. The SMILES string of the molecule is Cc1cncc(N2CCN(c3cccc(OCC4COC(Cn5ccnc5)(c5cccs5)O4)c3)CC2)n1. The standard InChI is InChI=1S/C27H30N6O3S/c1-21-15-29-16-26(30-21)33-11-9-32(10-12-33)22-4-2-5-23(14-22)34-17-24-18-35-27(36-24,25-6-3-13-37-25)19-31-8-7-28-20-31/h2-8,13-16,20,24H,9-12,17-19H2,1H3. The van der Waals surface area contributed by atoms with Gasteiger partial charge >= 0.3 is 0 Å². The second-order valence-electron chi connectivity index (χ2n) is 9.32. The number of ether oxygens (including phenoxy) is 3. The highest BCUT2D eigenvalue weighted by molar-refractivity contribution is 7.10. The number of benzene rings is 1. The van der Waals surface area contributed by atoms with E-state index in [0.29, 0.717) is 19.8 Å². The Morgan fingerprint density at radius 1 is 1.08 bits per heavy atom. The van der Waals surface area contributed by atoms with Crippen LogP contribution in [0.15, 0.2) is 72.9 Å². The Morgan fingerprint density at radius 2 is 1.97 bits per heavy atom. The molecule has 1 aromatic carbocycles. The summed E-state index contributed by atoms with van der Waals surface area (Å²) in [5.74, 6) is 0.949. The smallest absolute Gasteiger partial charge is 0.223 e. The second kappa shape index (κ2) is 10.5. The molecule has 2 aliphatic rings. The Kier molecular flexibility index (Phi) is 6.77. The van der Waals surface area contributed by atoms with Crippen LogP contribution in [0, 0.1) is 6.92 Å². The Hall–Kier alpha value is -3.47. The number of hydrogen-bond acceptors (Lipinski definition) is 9. The number of imidazole rings is 1. The highest BCUT2D eigenvalue weighted by Crippen LogP contribution is 2.38. The predicted octanol–water partition coefficient (Wildman–Crippen LogP) is 3.72. The number of aryl methyl sites for hydroxylation is 1. The van der Waals surface area contributed by atoms with Crippen LogP contribution in [0.5, 0.6) is 5.75 Å². The van der Waals surface area contributed by atoms with Crippen LogP contribution in [0.3, 0.4) is 0 Å². The van der Waals surface area contributed by atoms with Crippen LogP contribution in [0.1, 0.15) is 10.6 Å². The molecule has 2 fully saturated rings. The molecule has 6 rings (SSSR count). The summed E-state index contributed by atoms with van der Waals surface area (Å²) < 4.78 is 20.9. The monoisotopic (exact) mass is 518 g/mol. The first-order valence-corrected chi connectivity index (χ1v) is 13.4. The number of nitrogens with zero attached hydrogens (tertiary/aromatic N) is 6. The van der Waals surface area contributed by atoms with Gasteiger partial charge in [-0.15, -0.1) is 11.3 Å². The van der Waals surface area contributed by atoms with Crippen LogP contribution in [-0.2, 0) is 21.8 Å². The summed E-state index contributed by atoms with van der Waals surface area (Å²) in [7, 11) is 0. The number of thiophene rings is 1. The summed E-state index contributed by atoms with van der Waals surface area (Å²) in [4.78, 5) is 18.8. The number of rotatable bonds is 8. The van der Waals surface area contributed by atoms with Crippen molar-refractivity contribution in [3.8, 4) is 5.75 Å². The number of aromatic nitrogens is 4. The normalized spacial score (nSPS) is 21.9. The first kappa shape index (κ1) is 23.9. The maximum absolute atomic E-state index is 6.48. The largest absolute Gasteiger partial charge is 0.491 e. The first-order chi connectivity index (χ1) is 18.2. The lowest BCUT2D eigenvalue weighted by molar-refractivity contribution is -0.186. The van der Waals surface area contributed by atoms with E-state index in [2.05, 4.69) is 43.0 Å². The maximum Gasteiger partial charge on any atom is 0.223 e. The molecule has 0 saturated carbocycles. The van der Waals surface area contributed by atoms with Gasteiger partial charge in [0, 0.05) is 56.5 Å². The number of piperazine rings is 1. The van der Waals surface area contributed by atoms with Gasteiger partial charge in [0.25, 0.3) is 0 Å². The van der Waals surface area contributed by atoms with Gasteiger partial charge in [-0.25, -0.2) is 9.97 Å². The van der Waals surface area contributed by atoms with E-state index in [1.54, 1.807) is 30.1 Å². The van der Waals surface area contributed by atoms with E-state index in [1.807, 2.05) is 47.5 Å². The molecule has 9 nitrogen and oxygen atoms in total. The van der Waals surface area contributed by atoms with Crippen LogP contribution >= 0.6 is 11.3 Å². The highest BCUT2D eigenvalue weighted by atomic mass is 32.1. The van der Waals surface area contributed by atoms with E-state index in [-0.39, 0.29) is 6.10 Å². The number of anilines is 2.